The van der Waals surface area contributed by atoms with Crippen LogP contribution in [0.3, 0.4) is 0 Å². The SMILES string of the molecule is CC(C)CC(=O)N1CCN(C(C(=O)NCc2ccccc2)C2CCCC2)CC1. The van der Waals surface area contributed by atoms with E-state index < -0.39 is 0 Å². The standard InChI is InChI=1S/C23H35N3O2/c1-18(2)16-21(27)25-12-14-26(15-13-25)22(20-10-6-7-11-20)23(28)24-17-19-8-4-3-5-9-19/h3-5,8-9,18,20,22H,6-7,10-17H2,1-2H3,(H,24,28). The van der Waals surface area contributed by atoms with Gasteiger partial charge in [-0.05, 0) is 30.2 Å². The first-order chi connectivity index (χ1) is 13.5. The first kappa shape index (κ1) is 20.8. The minimum absolute atomic E-state index is 0.0615. The summed E-state index contributed by atoms with van der Waals surface area (Å²) < 4.78 is 0. The van der Waals surface area contributed by atoms with Gasteiger partial charge >= 0.3 is 0 Å². The number of rotatable bonds is 7. The lowest BCUT2D eigenvalue weighted by atomic mass is 9.94. The van der Waals surface area contributed by atoms with Gasteiger partial charge in [-0.2, -0.15) is 0 Å². The number of nitrogens with zero attached hydrogens (tertiary/aromatic N) is 2. The van der Waals surface area contributed by atoms with Crippen LogP contribution in [0.25, 0.3) is 0 Å². The van der Waals surface area contributed by atoms with Crippen molar-refractivity contribution in [3.05, 3.63) is 35.9 Å². The van der Waals surface area contributed by atoms with E-state index in [0.29, 0.717) is 24.8 Å². The van der Waals surface area contributed by atoms with Gasteiger partial charge in [-0.15, -0.1) is 0 Å². The molecule has 1 aliphatic heterocycles. The van der Waals surface area contributed by atoms with Crippen LogP contribution in [0.2, 0.25) is 0 Å². The van der Waals surface area contributed by atoms with Crippen LogP contribution in [0.4, 0.5) is 0 Å². The van der Waals surface area contributed by atoms with Gasteiger partial charge in [-0.25, -0.2) is 0 Å². The second kappa shape index (κ2) is 10.1. The monoisotopic (exact) mass is 385 g/mol. The van der Waals surface area contributed by atoms with Crippen molar-refractivity contribution in [3.63, 3.8) is 0 Å². The Morgan fingerprint density at radius 1 is 1.04 bits per heavy atom. The minimum Gasteiger partial charge on any atom is -0.351 e. The molecule has 0 spiro atoms. The predicted molar refractivity (Wildman–Crippen MR) is 112 cm³/mol. The molecule has 2 aliphatic rings. The van der Waals surface area contributed by atoms with Crippen molar-refractivity contribution >= 4 is 11.8 Å². The Kier molecular flexibility index (Phi) is 7.49. The van der Waals surface area contributed by atoms with Gasteiger partial charge in [0.15, 0.2) is 0 Å². The summed E-state index contributed by atoms with van der Waals surface area (Å²) in [7, 11) is 0. The topological polar surface area (TPSA) is 52.7 Å². The fourth-order valence-electron chi connectivity index (χ4n) is 4.57. The maximum absolute atomic E-state index is 13.1. The zero-order valence-electron chi connectivity index (χ0n) is 17.4. The number of nitrogens with one attached hydrogen (secondary N) is 1. The number of piperazine rings is 1. The lowest BCUT2D eigenvalue weighted by molar-refractivity contribution is -0.136. The molecule has 5 nitrogen and oxygen atoms in total. The van der Waals surface area contributed by atoms with Crippen LogP contribution in [0.15, 0.2) is 30.3 Å². The zero-order chi connectivity index (χ0) is 19.9. The third-order valence-corrected chi connectivity index (χ3v) is 6.07. The maximum atomic E-state index is 13.1. The molecule has 28 heavy (non-hydrogen) atoms. The number of carbonyl (C=O) groups excluding carboxylic acids is 2. The van der Waals surface area contributed by atoms with Gasteiger partial charge in [0.25, 0.3) is 0 Å². The maximum Gasteiger partial charge on any atom is 0.237 e. The van der Waals surface area contributed by atoms with Gasteiger partial charge in [-0.3, -0.25) is 14.5 Å². The Labute approximate surface area is 169 Å². The normalized spacial score (nSPS) is 19.8. The number of amides is 2. The molecule has 0 aromatic heterocycles. The van der Waals surface area contributed by atoms with E-state index in [-0.39, 0.29) is 17.9 Å². The highest BCUT2D eigenvalue weighted by Gasteiger charge is 2.37. The summed E-state index contributed by atoms with van der Waals surface area (Å²) in [6.07, 6.45) is 5.33. The van der Waals surface area contributed by atoms with Crippen LogP contribution in [-0.4, -0.2) is 53.8 Å². The van der Waals surface area contributed by atoms with Gasteiger partial charge < -0.3 is 10.2 Å². The van der Waals surface area contributed by atoms with E-state index in [9.17, 15) is 9.59 Å². The molecule has 1 aliphatic carbocycles. The molecule has 1 aromatic rings. The van der Waals surface area contributed by atoms with Crippen molar-refractivity contribution in [3.8, 4) is 0 Å². The Bertz CT molecular complexity index is 633. The summed E-state index contributed by atoms with van der Waals surface area (Å²) in [4.78, 5) is 29.8. The fraction of sp³-hybridized carbons (Fsp3) is 0.652. The molecular weight excluding hydrogens is 350 g/mol. The average molecular weight is 386 g/mol. The van der Waals surface area contributed by atoms with Crippen LogP contribution in [0, 0.1) is 11.8 Å². The third-order valence-electron chi connectivity index (χ3n) is 6.07. The van der Waals surface area contributed by atoms with Gasteiger partial charge in [-0.1, -0.05) is 57.0 Å². The molecule has 0 bridgehead atoms. The molecule has 0 radical (unpaired) electrons. The van der Waals surface area contributed by atoms with Crippen molar-refractivity contribution in [1.82, 2.24) is 15.1 Å². The second-order valence-corrected chi connectivity index (χ2v) is 8.71. The summed E-state index contributed by atoms with van der Waals surface area (Å²) >= 11 is 0. The van der Waals surface area contributed by atoms with Crippen molar-refractivity contribution < 1.29 is 9.59 Å². The van der Waals surface area contributed by atoms with E-state index in [1.165, 1.54) is 12.8 Å². The Morgan fingerprint density at radius 2 is 1.68 bits per heavy atom. The van der Waals surface area contributed by atoms with Crippen molar-refractivity contribution in [1.29, 1.82) is 0 Å². The fourth-order valence-corrected chi connectivity index (χ4v) is 4.57. The molecule has 2 amide bonds. The molecule has 1 aromatic carbocycles. The Morgan fingerprint density at radius 3 is 2.29 bits per heavy atom. The van der Waals surface area contributed by atoms with Crippen molar-refractivity contribution in [2.75, 3.05) is 26.2 Å². The molecule has 5 heteroatoms. The van der Waals surface area contributed by atoms with E-state index in [0.717, 1.165) is 44.6 Å². The van der Waals surface area contributed by atoms with Crippen LogP contribution in [-0.2, 0) is 16.1 Å². The van der Waals surface area contributed by atoms with E-state index in [1.807, 2.05) is 35.2 Å². The van der Waals surface area contributed by atoms with E-state index >= 15 is 0 Å². The van der Waals surface area contributed by atoms with Crippen LogP contribution >= 0.6 is 0 Å². The summed E-state index contributed by atoms with van der Waals surface area (Å²) in [6.45, 7) is 7.81. The van der Waals surface area contributed by atoms with E-state index in [4.69, 9.17) is 0 Å². The van der Waals surface area contributed by atoms with E-state index in [1.54, 1.807) is 0 Å². The number of hydrogen-bond donors (Lipinski definition) is 1. The number of carbonyl (C=O) groups is 2. The molecule has 1 heterocycles. The average Bonchev–Trinajstić information content (AvgIpc) is 3.21. The van der Waals surface area contributed by atoms with Gasteiger partial charge in [0.2, 0.25) is 11.8 Å². The molecule has 1 N–H and O–H groups in total. The Balaban J connectivity index is 1.59. The number of hydrogen-bond acceptors (Lipinski definition) is 3. The lowest BCUT2D eigenvalue weighted by Gasteiger charge is -2.41. The van der Waals surface area contributed by atoms with Gasteiger partial charge in [0.05, 0.1) is 6.04 Å². The van der Waals surface area contributed by atoms with Crippen molar-refractivity contribution in [2.24, 2.45) is 11.8 Å². The zero-order valence-corrected chi connectivity index (χ0v) is 17.4. The van der Waals surface area contributed by atoms with Crippen molar-refractivity contribution in [2.45, 2.75) is 58.5 Å². The largest absolute Gasteiger partial charge is 0.351 e. The third kappa shape index (κ3) is 5.57. The van der Waals surface area contributed by atoms with Crippen LogP contribution < -0.4 is 5.32 Å². The molecule has 1 atom stereocenters. The molecule has 3 rings (SSSR count). The lowest BCUT2D eigenvalue weighted by Crippen LogP contribution is -2.58. The first-order valence-corrected chi connectivity index (χ1v) is 10.9. The highest BCUT2D eigenvalue weighted by Crippen LogP contribution is 2.31. The predicted octanol–water partition coefficient (Wildman–Crippen LogP) is 3.05. The van der Waals surface area contributed by atoms with Crippen LogP contribution in [0.1, 0.15) is 51.5 Å². The van der Waals surface area contributed by atoms with E-state index in [2.05, 4.69) is 24.1 Å². The second-order valence-electron chi connectivity index (χ2n) is 8.71. The first-order valence-electron chi connectivity index (χ1n) is 10.9. The van der Waals surface area contributed by atoms with Gasteiger partial charge in [0, 0.05) is 39.1 Å². The number of benzene rings is 1. The summed E-state index contributed by atoms with van der Waals surface area (Å²) in [6, 6.07) is 10.0. The minimum atomic E-state index is -0.0615. The summed E-state index contributed by atoms with van der Waals surface area (Å²) in [5.74, 6) is 1.23. The van der Waals surface area contributed by atoms with Gasteiger partial charge in [0.1, 0.15) is 0 Å². The van der Waals surface area contributed by atoms with Crippen LogP contribution in [0.5, 0.6) is 0 Å². The summed E-state index contributed by atoms with van der Waals surface area (Å²) in [5, 5.41) is 3.17. The highest BCUT2D eigenvalue weighted by molar-refractivity contribution is 5.82. The quantitative estimate of drug-likeness (QED) is 0.785. The highest BCUT2D eigenvalue weighted by atomic mass is 16.2. The Hall–Kier alpha value is -1.88. The molecule has 2 fully saturated rings. The summed E-state index contributed by atoms with van der Waals surface area (Å²) in [5.41, 5.74) is 1.13. The molecular formula is C23H35N3O2. The molecule has 1 saturated heterocycles. The smallest absolute Gasteiger partial charge is 0.237 e. The molecule has 1 unspecified atom stereocenters. The molecule has 154 valence electrons. The molecule has 1 saturated carbocycles.